The van der Waals surface area contributed by atoms with Crippen molar-refractivity contribution in [2.24, 2.45) is 0 Å². The Labute approximate surface area is 122 Å². The summed E-state index contributed by atoms with van der Waals surface area (Å²) in [6.45, 7) is 2.40. The molecule has 0 radical (unpaired) electrons. The van der Waals surface area contributed by atoms with Crippen molar-refractivity contribution in [2.45, 2.75) is 6.92 Å². The van der Waals surface area contributed by atoms with Crippen LogP contribution in [-0.2, 0) is 0 Å². The second kappa shape index (κ2) is 6.43. The number of para-hydroxylation sites is 1. The van der Waals surface area contributed by atoms with Gasteiger partial charge in [-0.15, -0.1) is 0 Å². The predicted octanol–water partition coefficient (Wildman–Crippen LogP) is 3.21. The van der Waals surface area contributed by atoms with Crippen LogP contribution in [0.4, 0.5) is 0 Å². The Kier molecular flexibility index (Phi) is 4.63. The van der Waals surface area contributed by atoms with Crippen molar-refractivity contribution in [3.8, 4) is 28.8 Å². The molecule has 0 amide bonds. The molecule has 0 unspecified atom stereocenters. The molecule has 0 aliphatic rings. The van der Waals surface area contributed by atoms with E-state index in [1.165, 1.54) is 7.11 Å². The largest absolute Gasteiger partial charge is 0.493 e. The molecule has 1 heterocycles. The quantitative estimate of drug-likeness (QED) is 0.793. The number of ether oxygens (including phenoxy) is 3. The molecular weight excluding hydrogens is 280 g/mol. The van der Waals surface area contributed by atoms with E-state index in [9.17, 15) is 0 Å². The first-order valence-corrected chi connectivity index (χ1v) is 6.46. The van der Waals surface area contributed by atoms with E-state index < -0.39 is 0 Å². The number of halogens is 1. The molecule has 0 aliphatic carbocycles. The van der Waals surface area contributed by atoms with Crippen molar-refractivity contribution < 1.29 is 14.2 Å². The summed E-state index contributed by atoms with van der Waals surface area (Å²) in [5.41, 5.74) is 0.701. The standard InChI is InChI=1S/C14H15ClN2O3/c1-4-20-13-9(6-5-7-10(13)18-2)14-16-11(15)8-12(17-14)19-3/h5-8H,4H2,1-3H3. The lowest BCUT2D eigenvalue weighted by molar-refractivity contribution is 0.312. The van der Waals surface area contributed by atoms with Crippen LogP contribution >= 0.6 is 11.6 Å². The summed E-state index contributed by atoms with van der Waals surface area (Å²) in [5.74, 6) is 2.02. The summed E-state index contributed by atoms with van der Waals surface area (Å²) in [4.78, 5) is 8.50. The zero-order chi connectivity index (χ0) is 14.5. The lowest BCUT2D eigenvalue weighted by Crippen LogP contribution is -2.00. The molecular formula is C14H15ClN2O3. The third-order valence-electron chi connectivity index (χ3n) is 2.61. The molecule has 0 N–H and O–H groups in total. The fourth-order valence-corrected chi connectivity index (χ4v) is 1.94. The van der Waals surface area contributed by atoms with Crippen molar-refractivity contribution in [1.29, 1.82) is 0 Å². The first-order chi connectivity index (χ1) is 9.69. The van der Waals surface area contributed by atoms with Crippen molar-refractivity contribution >= 4 is 11.6 Å². The molecule has 1 aromatic carbocycles. The number of benzene rings is 1. The van der Waals surface area contributed by atoms with Crippen LogP contribution in [0.15, 0.2) is 24.3 Å². The number of hydrogen-bond acceptors (Lipinski definition) is 5. The summed E-state index contributed by atoms with van der Waals surface area (Å²) < 4.78 is 16.0. The maximum atomic E-state index is 5.98. The van der Waals surface area contributed by atoms with Gasteiger partial charge >= 0.3 is 0 Å². The van der Waals surface area contributed by atoms with E-state index in [-0.39, 0.29) is 0 Å². The van der Waals surface area contributed by atoms with E-state index in [0.29, 0.717) is 40.5 Å². The van der Waals surface area contributed by atoms with E-state index in [1.807, 2.05) is 25.1 Å². The Morgan fingerprint density at radius 2 is 1.95 bits per heavy atom. The molecule has 0 aliphatic heterocycles. The molecule has 0 atom stereocenters. The number of nitrogens with zero attached hydrogens (tertiary/aromatic N) is 2. The van der Waals surface area contributed by atoms with Gasteiger partial charge in [-0.1, -0.05) is 17.7 Å². The Morgan fingerprint density at radius 1 is 1.15 bits per heavy atom. The maximum Gasteiger partial charge on any atom is 0.218 e. The zero-order valence-corrected chi connectivity index (χ0v) is 12.3. The molecule has 20 heavy (non-hydrogen) atoms. The van der Waals surface area contributed by atoms with Crippen LogP contribution in [0.2, 0.25) is 5.15 Å². The first-order valence-electron chi connectivity index (χ1n) is 6.08. The van der Waals surface area contributed by atoms with Crippen molar-refractivity contribution in [3.63, 3.8) is 0 Å². The third kappa shape index (κ3) is 2.93. The Hall–Kier alpha value is -2.01. The van der Waals surface area contributed by atoms with E-state index in [2.05, 4.69) is 9.97 Å². The summed E-state index contributed by atoms with van der Waals surface area (Å²) >= 11 is 5.98. The van der Waals surface area contributed by atoms with Gasteiger partial charge < -0.3 is 14.2 Å². The maximum absolute atomic E-state index is 5.98. The van der Waals surface area contributed by atoms with Gasteiger partial charge in [0, 0.05) is 6.07 Å². The highest BCUT2D eigenvalue weighted by Gasteiger charge is 2.15. The minimum atomic E-state index is 0.303. The van der Waals surface area contributed by atoms with Crippen LogP contribution in [0.3, 0.4) is 0 Å². The lowest BCUT2D eigenvalue weighted by Gasteiger charge is -2.13. The molecule has 2 rings (SSSR count). The van der Waals surface area contributed by atoms with E-state index in [4.69, 9.17) is 25.8 Å². The smallest absolute Gasteiger partial charge is 0.218 e. The van der Waals surface area contributed by atoms with Crippen molar-refractivity contribution in [2.75, 3.05) is 20.8 Å². The second-order valence-corrected chi connectivity index (χ2v) is 4.21. The van der Waals surface area contributed by atoms with Crippen LogP contribution < -0.4 is 14.2 Å². The third-order valence-corrected chi connectivity index (χ3v) is 2.80. The zero-order valence-electron chi connectivity index (χ0n) is 11.5. The molecule has 5 nitrogen and oxygen atoms in total. The van der Waals surface area contributed by atoms with Crippen molar-refractivity contribution in [3.05, 3.63) is 29.4 Å². The van der Waals surface area contributed by atoms with Gasteiger partial charge in [-0.25, -0.2) is 4.98 Å². The molecule has 0 bridgehead atoms. The minimum Gasteiger partial charge on any atom is -0.493 e. The monoisotopic (exact) mass is 294 g/mol. The Morgan fingerprint density at radius 3 is 2.60 bits per heavy atom. The Bertz CT molecular complexity index is 605. The molecule has 0 fully saturated rings. The molecule has 0 saturated heterocycles. The van der Waals surface area contributed by atoms with Crippen LogP contribution in [0.5, 0.6) is 17.4 Å². The number of methoxy groups -OCH3 is 2. The van der Waals surface area contributed by atoms with Crippen LogP contribution in [0, 0.1) is 0 Å². The van der Waals surface area contributed by atoms with E-state index in [0.717, 1.165) is 0 Å². The van der Waals surface area contributed by atoms with Crippen LogP contribution in [-0.4, -0.2) is 30.8 Å². The van der Waals surface area contributed by atoms with Gasteiger partial charge in [0.25, 0.3) is 0 Å². The molecule has 6 heteroatoms. The highest BCUT2D eigenvalue weighted by atomic mass is 35.5. The normalized spacial score (nSPS) is 10.2. The Balaban J connectivity index is 2.59. The van der Waals surface area contributed by atoms with Crippen molar-refractivity contribution in [1.82, 2.24) is 9.97 Å². The molecule has 2 aromatic rings. The van der Waals surface area contributed by atoms with Gasteiger partial charge in [-0.2, -0.15) is 4.98 Å². The first kappa shape index (κ1) is 14.4. The van der Waals surface area contributed by atoms with Crippen LogP contribution in [0.1, 0.15) is 6.92 Å². The number of aromatic nitrogens is 2. The van der Waals surface area contributed by atoms with Gasteiger partial charge in [0.2, 0.25) is 5.88 Å². The van der Waals surface area contributed by atoms with Gasteiger partial charge in [0.1, 0.15) is 5.15 Å². The summed E-state index contributed by atoms with van der Waals surface area (Å²) in [5, 5.41) is 0.303. The predicted molar refractivity (Wildman–Crippen MR) is 76.8 cm³/mol. The summed E-state index contributed by atoms with van der Waals surface area (Å²) in [7, 11) is 3.11. The van der Waals surface area contributed by atoms with Gasteiger partial charge in [0.05, 0.1) is 26.4 Å². The van der Waals surface area contributed by atoms with Gasteiger partial charge in [-0.05, 0) is 19.1 Å². The molecule has 0 spiro atoms. The molecule has 1 aromatic heterocycles. The number of rotatable bonds is 5. The SMILES string of the molecule is CCOc1c(OC)cccc1-c1nc(Cl)cc(OC)n1. The lowest BCUT2D eigenvalue weighted by atomic mass is 10.1. The average Bonchev–Trinajstić information content (AvgIpc) is 2.47. The fraction of sp³-hybridized carbons (Fsp3) is 0.286. The fourth-order valence-electron chi connectivity index (χ4n) is 1.77. The van der Waals surface area contributed by atoms with Crippen LogP contribution in [0.25, 0.3) is 11.4 Å². The van der Waals surface area contributed by atoms with E-state index >= 15 is 0 Å². The minimum absolute atomic E-state index is 0.303. The highest BCUT2D eigenvalue weighted by Crippen LogP contribution is 2.37. The van der Waals surface area contributed by atoms with Gasteiger partial charge in [-0.3, -0.25) is 0 Å². The summed E-state index contributed by atoms with van der Waals surface area (Å²) in [6, 6.07) is 7.05. The van der Waals surface area contributed by atoms with Gasteiger partial charge in [0.15, 0.2) is 17.3 Å². The topological polar surface area (TPSA) is 53.5 Å². The number of hydrogen-bond donors (Lipinski definition) is 0. The summed E-state index contributed by atoms with van der Waals surface area (Å²) in [6.07, 6.45) is 0. The molecule has 106 valence electrons. The van der Waals surface area contributed by atoms with E-state index in [1.54, 1.807) is 13.2 Å². The highest BCUT2D eigenvalue weighted by molar-refractivity contribution is 6.29. The molecule has 0 saturated carbocycles. The second-order valence-electron chi connectivity index (χ2n) is 3.83. The average molecular weight is 295 g/mol.